The Morgan fingerprint density at radius 1 is 1.14 bits per heavy atom. The molecule has 2 fully saturated rings. The SMILES string of the molecule is Cc1nc(C2CCN(C(=O)c3c(Cl)cnn3C)CC2)nc(N2CCOCC2)c1C. The lowest BCUT2D eigenvalue weighted by Gasteiger charge is -2.33. The van der Waals surface area contributed by atoms with Gasteiger partial charge in [0.2, 0.25) is 0 Å². The first-order valence-electron chi connectivity index (χ1n) is 10.1. The third kappa shape index (κ3) is 3.96. The van der Waals surface area contributed by atoms with Crippen molar-refractivity contribution in [1.82, 2.24) is 24.6 Å². The summed E-state index contributed by atoms with van der Waals surface area (Å²) < 4.78 is 7.02. The molecule has 2 aliphatic rings. The molecule has 156 valence electrons. The number of aryl methyl sites for hydroxylation is 2. The van der Waals surface area contributed by atoms with Gasteiger partial charge in [-0.05, 0) is 26.7 Å². The van der Waals surface area contributed by atoms with Crippen molar-refractivity contribution < 1.29 is 9.53 Å². The minimum absolute atomic E-state index is 0.0662. The first kappa shape index (κ1) is 20.1. The van der Waals surface area contributed by atoms with E-state index in [9.17, 15) is 4.79 Å². The summed E-state index contributed by atoms with van der Waals surface area (Å²) in [6, 6.07) is 0. The normalized spacial score (nSPS) is 18.3. The predicted octanol–water partition coefficient (Wildman–Crippen LogP) is 2.34. The Morgan fingerprint density at radius 3 is 2.45 bits per heavy atom. The summed E-state index contributed by atoms with van der Waals surface area (Å²) in [6.07, 6.45) is 3.19. The summed E-state index contributed by atoms with van der Waals surface area (Å²) in [5.74, 6) is 2.10. The number of amides is 1. The second-order valence-electron chi connectivity index (χ2n) is 7.75. The molecule has 0 bridgehead atoms. The topological polar surface area (TPSA) is 76.4 Å². The number of aromatic nitrogens is 4. The Balaban J connectivity index is 1.48. The predicted molar refractivity (Wildman–Crippen MR) is 111 cm³/mol. The van der Waals surface area contributed by atoms with E-state index in [0.717, 1.165) is 62.0 Å². The largest absolute Gasteiger partial charge is 0.378 e. The number of carbonyl (C=O) groups excluding carboxylic acids is 1. The molecule has 4 heterocycles. The van der Waals surface area contributed by atoms with E-state index in [2.05, 4.69) is 16.9 Å². The first-order chi connectivity index (χ1) is 14.0. The molecule has 1 amide bonds. The van der Waals surface area contributed by atoms with Crippen molar-refractivity contribution in [3.8, 4) is 0 Å². The number of anilines is 1. The molecule has 2 saturated heterocycles. The Labute approximate surface area is 175 Å². The van der Waals surface area contributed by atoms with Crippen molar-refractivity contribution in [2.45, 2.75) is 32.6 Å². The molecular weight excluding hydrogens is 392 g/mol. The fraction of sp³-hybridized carbons (Fsp3) is 0.600. The number of halogens is 1. The molecule has 0 atom stereocenters. The summed E-state index contributed by atoms with van der Waals surface area (Å²) in [5, 5.41) is 4.47. The van der Waals surface area contributed by atoms with Gasteiger partial charge in [0.25, 0.3) is 5.91 Å². The van der Waals surface area contributed by atoms with Crippen LogP contribution in [0.3, 0.4) is 0 Å². The maximum atomic E-state index is 12.8. The van der Waals surface area contributed by atoms with Crippen LogP contribution >= 0.6 is 11.6 Å². The van der Waals surface area contributed by atoms with Gasteiger partial charge in [0.15, 0.2) is 0 Å². The van der Waals surface area contributed by atoms with Crippen LogP contribution in [0.1, 0.15) is 46.3 Å². The van der Waals surface area contributed by atoms with Gasteiger partial charge in [-0.25, -0.2) is 9.97 Å². The molecule has 9 heteroatoms. The highest BCUT2D eigenvalue weighted by molar-refractivity contribution is 6.33. The van der Waals surface area contributed by atoms with Gasteiger partial charge in [0.05, 0.1) is 24.4 Å². The highest BCUT2D eigenvalue weighted by atomic mass is 35.5. The van der Waals surface area contributed by atoms with E-state index < -0.39 is 0 Å². The van der Waals surface area contributed by atoms with Gasteiger partial charge in [-0.2, -0.15) is 5.10 Å². The van der Waals surface area contributed by atoms with E-state index in [1.807, 2.05) is 11.8 Å². The summed E-state index contributed by atoms with van der Waals surface area (Å²) in [6.45, 7) is 8.63. The molecule has 0 saturated carbocycles. The number of morpholine rings is 1. The van der Waals surface area contributed by atoms with Gasteiger partial charge < -0.3 is 14.5 Å². The van der Waals surface area contributed by atoms with Crippen LogP contribution in [0.15, 0.2) is 6.20 Å². The fourth-order valence-electron chi connectivity index (χ4n) is 4.04. The van der Waals surface area contributed by atoms with Crippen molar-refractivity contribution in [2.75, 3.05) is 44.3 Å². The Bertz CT molecular complexity index is 881. The van der Waals surface area contributed by atoms with Crippen LogP contribution in [0.25, 0.3) is 0 Å². The lowest BCUT2D eigenvalue weighted by Crippen LogP contribution is -2.40. The molecule has 2 aromatic rings. The molecule has 0 radical (unpaired) electrons. The van der Waals surface area contributed by atoms with Crippen LogP contribution in [0.5, 0.6) is 0 Å². The molecule has 0 unspecified atom stereocenters. The summed E-state index contributed by atoms with van der Waals surface area (Å²) >= 11 is 6.14. The maximum Gasteiger partial charge on any atom is 0.273 e. The van der Waals surface area contributed by atoms with Crippen LogP contribution in [-0.2, 0) is 11.8 Å². The third-order valence-electron chi connectivity index (χ3n) is 5.94. The van der Waals surface area contributed by atoms with E-state index in [1.54, 1.807) is 7.05 Å². The van der Waals surface area contributed by atoms with E-state index in [4.69, 9.17) is 26.3 Å². The number of rotatable bonds is 3. The van der Waals surface area contributed by atoms with Crippen LogP contribution in [-0.4, -0.2) is 69.9 Å². The molecule has 0 spiro atoms. The first-order valence-corrected chi connectivity index (χ1v) is 10.5. The van der Waals surface area contributed by atoms with Gasteiger partial charge in [-0.3, -0.25) is 9.48 Å². The molecule has 8 nitrogen and oxygen atoms in total. The number of hydrogen-bond acceptors (Lipinski definition) is 6. The smallest absolute Gasteiger partial charge is 0.273 e. The summed E-state index contributed by atoms with van der Waals surface area (Å²) in [7, 11) is 1.74. The molecule has 29 heavy (non-hydrogen) atoms. The lowest BCUT2D eigenvalue weighted by molar-refractivity contribution is 0.0700. The summed E-state index contributed by atoms with van der Waals surface area (Å²) in [4.78, 5) is 26.7. The lowest BCUT2D eigenvalue weighted by atomic mass is 9.95. The van der Waals surface area contributed by atoms with Crippen LogP contribution < -0.4 is 4.90 Å². The second-order valence-corrected chi connectivity index (χ2v) is 8.15. The van der Waals surface area contributed by atoms with Crippen LogP contribution in [0.4, 0.5) is 5.82 Å². The molecule has 0 aliphatic carbocycles. The van der Waals surface area contributed by atoms with E-state index in [0.29, 0.717) is 23.8 Å². The van der Waals surface area contributed by atoms with Crippen LogP contribution in [0, 0.1) is 13.8 Å². The Kier molecular flexibility index (Phi) is 5.74. The number of carbonyl (C=O) groups is 1. The van der Waals surface area contributed by atoms with Crippen molar-refractivity contribution in [1.29, 1.82) is 0 Å². The van der Waals surface area contributed by atoms with Gasteiger partial charge in [-0.1, -0.05) is 11.6 Å². The molecule has 2 aliphatic heterocycles. The number of nitrogens with zero attached hydrogens (tertiary/aromatic N) is 6. The standard InChI is InChI=1S/C20H27ClN6O2/c1-13-14(2)23-18(24-19(13)26-8-10-29-11-9-26)15-4-6-27(7-5-15)20(28)17-16(21)12-22-25(17)3/h12,15H,4-11H2,1-3H3. The molecule has 0 aromatic carbocycles. The zero-order valence-corrected chi connectivity index (χ0v) is 17.9. The number of ether oxygens (including phenoxy) is 1. The van der Waals surface area contributed by atoms with Crippen molar-refractivity contribution in [3.63, 3.8) is 0 Å². The molecular formula is C20H27ClN6O2. The van der Waals surface area contributed by atoms with Crippen molar-refractivity contribution in [3.05, 3.63) is 34.0 Å². The van der Waals surface area contributed by atoms with E-state index >= 15 is 0 Å². The van der Waals surface area contributed by atoms with Crippen LogP contribution in [0.2, 0.25) is 5.02 Å². The van der Waals surface area contributed by atoms with Crippen molar-refractivity contribution >= 4 is 23.3 Å². The Morgan fingerprint density at radius 2 is 1.83 bits per heavy atom. The van der Waals surface area contributed by atoms with Gasteiger partial charge in [-0.15, -0.1) is 0 Å². The molecule has 2 aromatic heterocycles. The van der Waals surface area contributed by atoms with Gasteiger partial charge >= 0.3 is 0 Å². The van der Waals surface area contributed by atoms with Gasteiger partial charge in [0, 0.05) is 50.4 Å². The maximum absolute atomic E-state index is 12.8. The molecule has 0 N–H and O–H groups in total. The second kappa shape index (κ2) is 8.28. The van der Waals surface area contributed by atoms with Crippen molar-refractivity contribution in [2.24, 2.45) is 7.05 Å². The Hall–Kier alpha value is -2.19. The quantitative estimate of drug-likeness (QED) is 0.761. The zero-order chi connectivity index (χ0) is 20.5. The minimum Gasteiger partial charge on any atom is -0.378 e. The monoisotopic (exact) mass is 418 g/mol. The fourth-order valence-corrected chi connectivity index (χ4v) is 4.29. The minimum atomic E-state index is -0.0662. The van der Waals surface area contributed by atoms with E-state index in [1.165, 1.54) is 10.9 Å². The van der Waals surface area contributed by atoms with Gasteiger partial charge in [0.1, 0.15) is 17.3 Å². The third-order valence-corrected chi connectivity index (χ3v) is 6.21. The average Bonchev–Trinajstić information content (AvgIpc) is 3.08. The average molecular weight is 419 g/mol. The number of piperidine rings is 1. The molecule has 4 rings (SSSR count). The highest BCUT2D eigenvalue weighted by Gasteiger charge is 2.29. The van der Waals surface area contributed by atoms with E-state index in [-0.39, 0.29) is 11.8 Å². The highest BCUT2D eigenvalue weighted by Crippen LogP contribution is 2.30. The number of hydrogen-bond donors (Lipinski definition) is 0. The zero-order valence-electron chi connectivity index (χ0n) is 17.2. The number of likely N-dealkylation sites (tertiary alicyclic amines) is 1. The summed E-state index contributed by atoms with van der Waals surface area (Å²) in [5.41, 5.74) is 2.60.